The van der Waals surface area contributed by atoms with Gasteiger partial charge in [0.15, 0.2) is 0 Å². The molecular weight excluding hydrogens is 306 g/mol. The summed E-state index contributed by atoms with van der Waals surface area (Å²) in [4.78, 5) is -0.0859. The van der Waals surface area contributed by atoms with Gasteiger partial charge in [-0.1, -0.05) is 43.3 Å². The number of sulfonamides is 1. The summed E-state index contributed by atoms with van der Waals surface area (Å²) < 4.78 is 28.0. The second-order valence-electron chi connectivity index (χ2n) is 5.23. The lowest BCUT2D eigenvalue weighted by Crippen LogP contribution is -2.43. The molecule has 0 aliphatic rings. The maximum atomic E-state index is 12.4. The zero-order chi connectivity index (χ0) is 16.4. The number of aliphatic hydroxyl groups excluding tert-OH is 2. The topological polar surface area (TPSA) is 110 Å². The van der Waals surface area contributed by atoms with E-state index >= 15 is 0 Å². The Kier molecular flexibility index (Phi) is 4.50. The number of hydrogen-bond donors (Lipinski definition) is 2. The molecule has 22 heavy (non-hydrogen) atoms. The molecular formula is C15H16NO5S-. The largest absolute Gasteiger partial charge is 0.861 e. The molecule has 2 aromatic rings. The Balaban J connectivity index is 2.59. The highest BCUT2D eigenvalue weighted by atomic mass is 32.2. The number of nitrogens with zero attached hydrogens (tertiary/aromatic N) is 1. The number of benzene rings is 2. The summed E-state index contributed by atoms with van der Waals surface area (Å²) in [6.45, 7) is -0.148. The van der Waals surface area contributed by atoms with Gasteiger partial charge < -0.3 is 15.3 Å². The molecule has 118 valence electrons. The van der Waals surface area contributed by atoms with Crippen LogP contribution < -0.4 is 5.11 Å². The van der Waals surface area contributed by atoms with Gasteiger partial charge in [0.2, 0.25) is 0 Å². The van der Waals surface area contributed by atoms with Crippen LogP contribution in [0.1, 0.15) is 6.92 Å². The van der Waals surface area contributed by atoms with Crippen LogP contribution in [0.25, 0.3) is 10.8 Å². The first-order valence-corrected chi connectivity index (χ1v) is 8.00. The maximum absolute atomic E-state index is 12.4. The molecule has 0 spiro atoms. The van der Waals surface area contributed by atoms with E-state index in [-0.39, 0.29) is 4.90 Å². The van der Waals surface area contributed by atoms with Crippen LogP contribution in [0.15, 0.2) is 51.8 Å². The minimum absolute atomic E-state index is 0.0859. The van der Waals surface area contributed by atoms with Gasteiger partial charge in [-0.3, -0.25) is 0 Å². The van der Waals surface area contributed by atoms with Crippen molar-refractivity contribution in [3.8, 4) is 0 Å². The minimum Gasteiger partial charge on any atom is -0.861 e. The highest BCUT2D eigenvalue weighted by Gasteiger charge is 2.26. The molecule has 7 heteroatoms. The number of hydrogen-bond acceptors (Lipinski definition) is 5. The van der Waals surface area contributed by atoms with Gasteiger partial charge >= 0.3 is 0 Å². The highest BCUT2D eigenvalue weighted by Crippen LogP contribution is 2.25. The minimum atomic E-state index is -4.24. The molecule has 0 atom stereocenters. The summed E-state index contributed by atoms with van der Waals surface area (Å²) in [6.07, 6.45) is 0. The zero-order valence-electron chi connectivity index (χ0n) is 11.9. The summed E-state index contributed by atoms with van der Waals surface area (Å²) >= 11 is 0. The van der Waals surface area contributed by atoms with Gasteiger partial charge in [0.25, 0.3) is 10.0 Å². The van der Waals surface area contributed by atoms with Crippen LogP contribution in [-0.4, -0.2) is 37.7 Å². The fourth-order valence-electron chi connectivity index (χ4n) is 1.87. The van der Waals surface area contributed by atoms with E-state index in [0.717, 1.165) is 0 Å². The van der Waals surface area contributed by atoms with Crippen molar-refractivity contribution in [3.05, 3.63) is 42.5 Å². The second kappa shape index (κ2) is 6.04. The van der Waals surface area contributed by atoms with E-state index in [2.05, 4.69) is 4.40 Å². The van der Waals surface area contributed by atoms with Crippen molar-refractivity contribution in [2.24, 2.45) is 9.81 Å². The van der Waals surface area contributed by atoms with Gasteiger partial charge in [-0.15, -0.1) is 0 Å². The Bertz CT molecular complexity index is 804. The zero-order valence-corrected chi connectivity index (χ0v) is 12.7. The lowest BCUT2D eigenvalue weighted by Gasteiger charge is -2.30. The second-order valence-corrected chi connectivity index (χ2v) is 6.80. The quantitative estimate of drug-likeness (QED) is 0.607. The van der Waals surface area contributed by atoms with Crippen LogP contribution in [0, 0.1) is 5.41 Å². The molecule has 0 unspecified atom stereocenters. The van der Waals surface area contributed by atoms with Crippen molar-refractivity contribution >= 4 is 26.7 Å². The molecule has 2 rings (SSSR count). The van der Waals surface area contributed by atoms with Gasteiger partial charge in [-0.05, 0) is 17.4 Å². The molecule has 0 fully saturated rings. The molecule has 2 aromatic carbocycles. The molecule has 0 bridgehead atoms. The van der Waals surface area contributed by atoms with Crippen molar-refractivity contribution in [1.29, 1.82) is 0 Å². The lowest BCUT2D eigenvalue weighted by molar-refractivity contribution is -0.233. The van der Waals surface area contributed by atoms with E-state index in [1.165, 1.54) is 13.0 Å². The van der Waals surface area contributed by atoms with Crippen molar-refractivity contribution in [3.63, 3.8) is 0 Å². The first-order valence-electron chi connectivity index (χ1n) is 6.56. The van der Waals surface area contributed by atoms with Crippen LogP contribution >= 0.6 is 0 Å². The molecule has 0 heterocycles. The molecule has 0 amide bonds. The Hall–Kier alpha value is -1.96. The van der Waals surface area contributed by atoms with E-state index < -0.39 is 34.5 Å². The fourth-order valence-corrected chi connectivity index (χ4v) is 3.13. The van der Waals surface area contributed by atoms with E-state index in [1.807, 2.05) is 0 Å². The molecule has 0 saturated carbocycles. The molecule has 6 nitrogen and oxygen atoms in total. The summed E-state index contributed by atoms with van der Waals surface area (Å²) in [5, 5.41) is 31.5. The summed E-state index contributed by atoms with van der Waals surface area (Å²) in [5.74, 6) is -1.08. The van der Waals surface area contributed by atoms with Crippen LogP contribution in [0.3, 0.4) is 0 Å². The van der Waals surface area contributed by atoms with Crippen LogP contribution in [-0.2, 0) is 10.0 Å². The number of rotatable bonds is 5. The van der Waals surface area contributed by atoms with Crippen LogP contribution in [0.2, 0.25) is 0 Å². The third-order valence-electron chi connectivity index (χ3n) is 3.44. The molecule has 0 radical (unpaired) electrons. The number of fused-ring (bicyclic) bond motifs is 1. The SMILES string of the molecule is CC(CO)(CO)/C([O-])=N/S(=O)(=O)c1cccc2ccccc12. The smallest absolute Gasteiger partial charge is 0.282 e. The normalized spacial score (nSPS) is 13.5. The first-order chi connectivity index (χ1) is 10.3. The summed E-state index contributed by atoms with van der Waals surface area (Å²) in [5.41, 5.74) is -1.63. The average molecular weight is 322 g/mol. The van der Waals surface area contributed by atoms with Crippen molar-refractivity contribution in [2.45, 2.75) is 11.8 Å². The molecule has 0 aliphatic heterocycles. The van der Waals surface area contributed by atoms with Gasteiger partial charge in [0.05, 0.1) is 18.1 Å². The lowest BCUT2D eigenvalue weighted by atomic mass is 9.93. The van der Waals surface area contributed by atoms with Crippen molar-refractivity contribution in [2.75, 3.05) is 13.2 Å². The molecule has 0 aliphatic carbocycles. The monoisotopic (exact) mass is 322 g/mol. The molecule has 0 saturated heterocycles. The Labute approximate surface area is 128 Å². The predicted octanol–water partition coefficient (Wildman–Crippen LogP) is 0.278. The third-order valence-corrected chi connectivity index (χ3v) is 4.76. The van der Waals surface area contributed by atoms with Gasteiger partial charge in [0, 0.05) is 10.8 Å². The molecule has 2 N–H and O–H groups in total. The first kappa shape index (κ1) is 16.4. The van der Waals surface area contributed by atoms with Gasteiger partial charge in [-0.2, -0.15) is 12.8 Å². The van der Waals surface area contributed by atoms with Crippen molar-refractivity contribution < 1.29 is 23.7 Å². The number of aliphatic hydroxyl groups is 2. The third kappa shape index (κ3) is 2.96. The predicted molar refractivity (Wildman–Crippen MR) is 80.8 cm³/mol. The Morgan fingerprint density at radius 1 is 1.14 bits per heavy atom. The van der Waals surface area contributed by atoms with E-state index in [9.17, 15) is 13.5 Å². The van der Waals surface area contributed by atoms with E-state index in [4.69, 9.17) is 10.2 Å². The van der Waals surface area contributed by atoms with E-state index in [0.29, 0.717) is 10.8 Å². The molecule has 0 aromatic heterocycles. The summed E-state index contributed by atoms with van der Waals surface area (Å²) in [6, 6.07) is 11.5. The van der Waals surface area contributed by atoms with Crippen LogP contribution in [0.5, 0.6) is 0 Å². The maximum Gasteiger partial charge on any atom is 0.282 e. The Morgan fingerprint density at radius 3 is 2.36 bits per heavy atom. The standard InChI is InChI=1S/C15H17NO5S/c1-15(9-17,10-18)14(19)16-22(20,21)13-8-4-6-11-5-2-3-7-12(11)13/h2-8,17-18H,9-10H2,1H3,(H,16,19)/p-1. The highest BCUT2D eigenvalue weighted by molar-refractivity contribution is 7.90. The van der Waals surface area contributed by atoms with Gasteiger partial charge in [-0.25, -0.2) is 0 Å². The fraction of sp³-hybridized carbons (Fsp3) is 0.267. The van der Waals surface area contributed by atoms with Gasteiger partial charge in [0.1, 0.15) is 0 Å². The average Bonchev–Trinajstić information content (AvgIpc) is 2.53. The van der Waals surface area contributed by atoms with Crippen LogP contribution in [0.4, 0.5) is 0 Å². The van der Waals surface area contributed by atoms with E-state index in [1.54, 1.807) is 36.4 Å². The summed E-state index contributed by atoms with van der Waals surface area (Å²) in [7, 11) is -4.24. The van der Waals surface area contributed by atoms with Crippen molar-refractivity contribution in [1.82, 2.24) is 0 Å². The Morgan fingerprint density at radius 2 is 1.73 bits per heavy atom.